The van der Waals surface area contributed by atoms with Crippen LogP contribution in [-0.2, 0) is 24.7 Å². The van der Waals surface area contributed by atoms with E-state index in [4.69, 9.17) is 22.9 Å². The largest absolute Gasteiger partial charge is 0.418 e. The molecule has 0 radical (unpaired) electrons. The molecule has 496 valence electrons. The van der Waals surface area contributed by atoms with Crippen molar-refractivity contribution in [1.29, 1.82) is 0 Å². The average molecular weight is 1290 g/mol. The van der Waals surface area contributed by atoms with Crippen molar-refractivity contribution in [1.82, 2.24) is 39.9 Å². The van der Waals surface area contributed by atoms with Gasteiger partial charge in [0.2, 0.25) is 0 Å². The summed E-state index contributed by atoms with van der Waals surface area (Å²) in [5, 5.41) is 0. The summed E-state index contributed by atoms with van der Waals surface area (Å²) in [5.41, 5.74) is 25.9. The predicted molar refractivity (Wildman–Crippen MR) is 333 cm³/mol. The summed E-state index contributed by atoms with van der Waals surface area (Å²) in [4.78, 5) is 32.4. The topological polar surface area (TPSA) is 207 Å². The van der Waals surface area contributed by atoms with E-state index >= 15 is 0 Å². The maximum absolute atomic E-state index is 13.1. The van der Waals surface area contributed by atoms with E-state index in [2.05, 4.69) is 67.6 Å². The van der Waals surface area contributed by atoms with Gasteiger partial charge in [-0.15, -0.1) is 0 Å². The van der Waals surface area contributed by atoms with Gasteiger partial charge in [-0.2, -0.15) is 52.7 Å². The number of benzene rings is 4. The Labute approximate surface area is 523 Å². The number of fused-ring (bicyclic) bond motifs is 4. The SMILES string of the molecule is C.C.C.C[C@@H]1C[C@@H](N)C[C@H](c2ccc(C(F)(F)F)c3nccnc23)C1.C[C@@H]1C[C@H](N)C[C@@H](c2ccc(C(F)(F)F)c3nccnc23)C1.C[C@@H]1C[C@H](N)C[C@H](c2ccc(C(F)(F)F)c3nccnc23)C1.C[C@H]1C[C@@H](N)C[C@@H](c2ccc(C(F)(F)F)c3nccnc23)C1. The van der Waals surface area contributed by atoms with Crippen LogP contribution in [0.25, 0.3) is 44.1 Å². The van der Waals surface area contributed by atoms with Gasteiger partial charge in [-0.3, -0.25) is 39.9 Å². The third-order valence-electron chi connectivity index (χ3n) is 17.5. The monoisotopic (exact) mass is 1280 g/mol. The Morgan fingerprint density at radius 2 is 0.429 bits per heavy atom. The molecule has 0 bridgehead atoms. The Morgan fingerprint density at radius 1 is 0.264 bits per heavy atom. The first-order valence-corrected chi connectivity index (χ1v) is 29.7. The molecule has 8 N–H and O–H groups in total. The third-order valence-corrected chi connectivity index (χ3v) is 17.5. The van der Waals surface area contributed by atoms with Crippen molar-refractivity contribution in [2.45, 2.75) is 200 Å². The van der Waals surface area contributed by atoms with E-state index < -0.39 is 47.0 Å². The van der Waals surface area contributed by atoms with Crippen molar-refractivity contribution < 1.29 is 52.7 Å². The van der Waals surface area contributed by atoms with Crippen molar-refractivity contribution in [2.24, 2.45) is 46.6 Å². The number of halogens is 12. The summed E-state index contributed by atoms with van der Waals surface area (Å²) in [6.07, 6.45) is 3.91. The summed E-state index contributed by atoms with van der Waals surface area (Å²) in [6.45, 7) is 8.52. The summed E-state index contributed by atoms with van der Waals surface area (Å²) in [5.74, 6) is 2.40. The van der Waals surface area contributed by atoms with Crippen LogP contribution in [0, 0.1) is 23.7 Å². The molecule has 4 saturated carbocycles. The van der Waals surface area contributed by atoms with Gasteiger partial charge in [0.25, 0.3) is 0 Å². The zero-order valence-corrected chi connectivity index (χ0v) is 49.1. The molecular formula is C67H84F12N12. The Kier molecular flexibility index (Phi) is 24.1. The highest BCUT2D eigenvalue weighted by atomic mass is 19.4. The summed E-state index contributed by atoms with van der Waals surface area (Å²) < 4.78 is 158. The second-order valence-corrected chi connectivity index (χ2v) is 24.9. The molecule has 0 spiro atoms. The van der Waals surface area contributed by atoms with Gasteiger partial charge < -0.3 is 22.9 Å². The molecule has 4 aromatic carbocycles. The van der Waals surface area contributed by atoms with Crippen molar-refractivity contribution >= 4 is 44.1 Å². The van der Waals surface area contributed by atoms with E-state index in [0.717, 1.165) is 124 Å². The molecule has 91 heavy (non-hydrogen) atoms. The fourth-order valence-electron chi connectivity index (χ4n) is 14.2. The molecule has 12 nitrogen and oxygen atoms in total. The number of nitrogens with two attached hydrogens (primary N) is 4. The van der Waals surface area contributed by atoms with Crippen LogP contribution in [-0.4, -0.2) is 64.0 Å². The van der Waals surface area contributed by atoms with Crippen LogP contribution in [0.4, 0.5) is 52.7 Å². The van der Waals surface area contributed by atoms with Crippen LogP contribution in [0.3, 0.4) is 0 Å². The van der Waals surface area contributed by atoms with Gasteiger partial charge in [0.15, 0.2) is 0 Å². The minimum atomic E-state index is -4.43. The second kappa shape index (κ2) is 29.9. The van der Waals surface area contributed by atoms with Crippen molar-refractivity contribution in [3.05, 3.63) is 143 Å². The standard InChI is InChI=1S/4C16H18F3N3.3CH4/c4*1-9-6-10(8-11(20)7-9)12-2-3-13(16(17,18)19)15-14(12)21-4-5-22-15;;;/h4*2-5,9-11H,6-8,20H2,1H3;3*1H4/t9-,10+,11+;2*9-,10+,11-;9-,10-,11-;;;/m0100.../s1. The minimum Gasteiger partial charge on any atom is -0.328 e. The lowest BCUT2D eigenvalue weighted by Crippen LogP contribution is -2.31. The molecule has 4 aliphatic rings. The number of hydrogen-bond donors (Lipinski definition) is 4. The van der Waals surface area contributed by atoms with Gasteiger partial charge in [0.05, 0.1) is 44.3 Å². The van der Waals surface area contributed by atoms with Crippen LogP contribution in [0.15, 0.2) is 98.1 Å². The number of rotatable bonds is 4. The van der Waals surface area contributed by atoms with Crippen LogP contribution in [0.2, 0.25) is 0 Å². The van der Waals surface area contributed by atoms with E-state index in [9.17, 15) is 52.7 Å². The molecule has 4 fully saturated rings. The second-order valence-electron chi connectivity index (χ2n) is 24.9. The zero-order chi connectivity index (χ0) is 63.6. The lowest BCUT2D eigenvalue weighted by Gasteiger charge is -2.32. The lowest BCUT2D eigenvalue weighted by atomic mass is 9.76. The first-order valence-electron chi connectivity index (χ1n) is 29.7. The molecule has 0 amide bonds. The van der Waals surface area contributed by atoms with E-state index in [0.29, 0.717) is 45.7 Å². The van der Waals surface area contributed by atoms with Crippen LogP contribution >= 0.6 is 0 Å². The Balaban J connectivity index is 0.000000191. The van der Waals surface area contributed by atoms with E-state index in [1.54, 1.807) is 24.3 Å². The molecule has 12 atom stereocenters. The molecule has 12 rings (SSSR count). The van der Waals surface area contributed by atoms with Gasteiger partial charge in [0, 0.05) is 73.7 Å². The van der Waals surface area contributed by atoms with Gasteiger partial charge >= 0.3 is 24.7 Å². The molecule has 0 aliphatic heterocycles. The number of aromatic nitrogens is 8. The van der Waals surface area contributed by atoms with Gasteiger partial charge in [-0.1, -0.05) is 74.2 Å². The molecule has 8 aromatic rings. The number of alkyl halides is 12. The third kappa shape index (κ3) is 17.5. The summed E-state index contributed by atoms with van der Waals surface area (Å²) in [6, 6.07) is 11.0. The smallest absolute Gasteiger partial charge is 0.328 e. The van der Waals surface area contributed by atoms with Crippen molar-refractivity contribution in [2.75, 3.05) is 0 Å². The Morgan fingerprint density at radius 3 is 0.582 bits per heavy atom. The molecule has 0 unspecified atom stereocenters. The van der Waals surface area contributed by atoms with E-state index in [1.165, 1.54) is 49.6 Å². The quantitative estimate of drug-likeness (QED) is 0.121. The van der Waals surface area contributed by atoms with Crippen LogP contribution in [0.5, 0.6) is 0 Å². The van der Waals surface area contributed by atoms with E-state index in [-0.39, 0.29) is 92.2 Å². The maximum atomic E-state index is 13.1. The van der Waals surface area contributed by atoms with Crippen LogP contribution < -0.4 is 22.9 Å². The fourth-order valence-corrected chi connectivity index (χ4v) is 14.2. The number of hydrogen-bond acceptors (Lipinski definition) is 12. The highest BCUT2D eigenvalue weighted by molar-refractivity contribution is 5.85. The molecule has 24 heteroatoms. The van der Waals surface area contributed by atoms with Gasteiger partial charge in [0.1, 0.15) is 22.1 Å². The summed E-state index contributed by atoms with van der Waals surface area (Å²) >= 11 is 0. The normalized spacial score (nSPS) is 25.5. The highest BCUT2D eigenvalue weighted by Crippen LogP contribution is 2.46. The predicted octanol–water partition coefficient (Wildman–Crippen LogP) is 17.4. The Bertz CT molecular complexity index is 3170. The van der Waals surface area contributed by atoms with E-state index in [1.807, 2.05) is 0 Å². The average Bonchev–Trinajstić information content (AvgIpc) is 0.811. The molecule has 0 saturated heterocycles. The maximum Gasteiger partial charge on any atom is 0.418 e. The minimum absolute atomic E-state index is 0. The first-order chi connectivity index (χ1) is 41.4. The summed E-state index contributed by atoms with van der Waals surface area (Å²) in [7, 11) is 0. The molecule has 4 aromatic heterocycles. The molecular weight excluding hydrogens is 1200 g/mol. The van der Waals surface area contributed by atoms with Crippen molar-refractivity contribution in [3.63, 3.8) is 0 Å². The zero-order valence-electron chi connectivity index (χ0n) is 49.1. The first kappa shape index (κ1) is 73.3. The van der Waals surface area contributed by atoms with Gasteiger partial charge in [-0.05, 0) is 171 Å². The van der Waals surface area contributed by atoms with Crippen molar-refractivity contribution in [3.8, 4) is 0 Å². The lowest BCUT2D eigenvalue weighted by molar-refractivity contribution is -0.137. The van der Waals surface area contributed by atoms with Gasteiger partial charge in [-0.25, -0.2) is 0 Å². The Hall–Kier alpha value is -6.76. The molecule has 4 aliphatic carbocycles. The van der Waals surface area contributed by atoms with Crippen LogP contribution in [0.1, 0.15) is 195 Å². The number of nitrogens with zero attached hydrogens (tertiary/aromatic N) is 8. The fraction of sp³-hybridized carbons (Fsp3) is 0.522. The molecule has 4 heterocycles. The highest BCUT2D eigenvalue weighted by Gasteiger charge is 2.40.